The van der Waals surface area contributed by atoms with Gasteiger partial charge in [-0.1, -0.05) is 6.08 Å². The van der Waals surface area contributed by atoms with Gasteiger partial charge in [-0.25, -0.2) is 14.4 Å². The molecule has 1 fully saturated rings. The van der Waals surface area contributed by atoms with E-state index in [-0.39, 0.29) is 12.5 Å². The lowest BCUT2D eigenvalue weighted by Crippen LogP contribution is -2.51. The number of ether oxygens (including phenoxy) is 1. The summed E-state index contributed by atoms with van der Waals surface area (Å²) in [5.74, 6) is 1.52. The average Bonchev–Trinajstić information content (AvgIpc) is 3.45. The molecule has 4 N–H and O–H groups in total. The lowest BCUT2D eigenvalue weighted by molar-refractivity contribution is 0.290. The molecular formula is C25H31FN8O. The van der Waals surface area contributed by atoms with Crippen LogP contribution in [0.15, 0.2) is 52.2 Å². The van der Waals surface area contributed by atoms with Gasteiger partial charge in [0, 0.05) is 54.4 Å². The van der Waals surface area contributed by atoms with E-state index in [9.17, 15) is 4.39 Å². The lowest BCUT2D eigenvalue weighted by Gasteiger charge is -2.33. The molecule has 1 aliphatic heterocycles. The van der Waals surface area contributed by atoms with Crippen LogP contribution in [0.4, 0.5) is 10.2 Å². The molecule has 0 bridgehead atoms. The van der Waals surface area contributed by atoms with Crippen LogP contribution in [0, 0.1) is 12.7 Å². The third-order valence-corrected chi connectivity index (χ3v) is 5.61. The molecule has 9 nitrogen and oxygen atoms in total. The number of amidine groups is 1. The number of aromatic nitrogens is 3. The van der Waals surface area contributed by atoms with Crippen molar-refractivity contribution in [1.29, 1.82) is 0 Å². The Hall–Kier alpha value is -3.92. The Morgan fingerprint density at radius 3 is 3.03 bits per heavy atom. The largest absolute Gasteiger partial charge is 0.468 e. The van der Waals surface area contributed by atoms with Crippen LogP contribution in [0.3, 0.4) is 0 Å². The van der Waals surface area contributed by atoms with Gasteiger partial charge in [0.15, 0.2) is 24.1 Å². The highest BCUT2D eigenvalue weighted by molar-refractivity contribution is 5.94. The van der Waals surface area contributed by atoms with Gasteiger partial charge in [-0.2, -0.15) is 5.10 Å². The first-order chi connectivity index (χ1) is 17.0. The normalized spacial score (nSPS) is 17.4. The summed E-state index contributed by atoms with van der Waals surface area (Å²) in [6, 6.07) is 7.35. The number of nitrogens with zero attached hydrogens (tertiary/aromatic N) is 4. The number of rotatable bonds is 8. The SMILES string of the molecule is C=N/C(=C\C(=N/COc1ccc2[nH]c(C)cc2c1F)N1CCNC(C)C1)Nc1cc(/C=C/C)[nH]n1. The van der Waals surface area contributed by atoms with E-state index >= 15 is 0 Å². The van der Waals surface area contributed by atoms with Crippen LogP contribution >= 0.6 is 0 Å². The highest BCUT2D eigenvalue weighted by Crippen LogP contribution is 2.27. The summed E-state index contributed by atoms with van der Waals surface area (Å²) < 4.78 is 20.6. The van der Waals surface area contributed by atoms with E-state index in [2.05, 4.69) is 54.3 Å². The van der Waals surface area contributed by atoms with E-state index in [4.69, 9.17) is 4.74 Å². The molecule has 4 rings (SSSR count). The molecule has 184 valence electrons. The number of H-pyrrole nitrogens is 2. The number of fused-ring (bicyclic) bond motifs is 1. The molecule has 3 heterocycles. The van der Waals surface area contributed by atoms with Crippen molar-refractivity contribution in [1.82, 2.24) is 25.4 Å². The maximum Gasteiger partial charge on any atom is 0.181 e. The quantitative estimate of drug-likeness (QED) is 0.289. The van der Waals surface area contributed by atoms with Crippen LogP contribution in [0.1, 0.15) is 25.2 Å². The third-order valence-electron chi connectivity index (χ3n) is 5.61. The summed E-state index contributed by atoms with van der Waals surface area (Å²) in [5.41, 5.74) is 2.49. The molecule has 0 radical (unpaired) electrons. The van der Waals surface area contributed by atoms with Crippen molar-refractivity contribution in [3.63, 3.8) is 0 Å². The van der Waals surface area contributed by atoms with E-state index in [0.29, 0.717) is 28.9 Å². The molecule has 1 aromatic carbocycles. The molecule has 0 saturated carbocycles. The fraction of sp³-hybridized carbons (Fsp3) is 0.320. The van der Waals surface area contributed by atoms with Crippen molar-refractivity contribution in [3.05, 3.63) is 59.4 Å². The molecule has 0 aliphatic carbocycles. The van der Waals surface area contributed by atoms with Crippen molar-refractivity contribution in [2.75, 3.05) is 31.7 Å². The number of aromatic amines is 2. The predicted octanol–water partition coefficient (Wildman–Crippen LogP) is 4.05. The van der Waals surface area contributed by atoms with E-state index in [1.54, 1.807) is 24.3 Å². The zero-order valence-electron chi connectivity index (χ0n) is 20.2. The van der Waals surface area contributed by atoms with Crippen LogP contribution < -0.4 is 15.4 Å². The molecular weight excluding hydrogens is 447 g/mol. The summed E-state index contributed by atoms with van der Waals surface area (Å²) in [6.07, 6.45) is 5.64. The van der Waals surface area contributed by atoms with E-state index in [0.717, 1.165) is 36.5 Å². The fourth-order valence-corrected chi connectivity index (χ4v) is 3.99. The van der Waals surface area contributed by atoms with Crippen molar-refractivity contribution in [2.24, 2.45) is 9.98 Å². The van der Waals surface area contributed by atoms with Crippen molar-refractivity contribution in [2.45, 2.75) is 26.8 Å². The Kier molecular flexibility index (Phi) is 7.61. The van der Waals surface area contributed by atoms with E-state index in [1.165, 1.54) is 0 Å². The Morgan fingerprint density at radius 1 is 1.40 bits per heavy atom. The number of aryl methyl sites for hydroxylation is 1. The summed E-state index contributed by atoms with van der Waals surface area (Å²) in [6.45, 7) is 11.9. The zero-order valence-corrected chi connectivity index (χ0v) is 20.2. The number of hydrogen-bond donors (Lipinski definition) is 4. The summed E-state index contributed by atoms with van der Waals surface area (Å²) in [4.78, 5) is 14.0. The Balaban J connectivity index is 1.55. The minimum absolute atomic E-state index is 0.0474. The number of anilines is 1. The van der Waals surface area contributed by atoms with Crippen LogP contribution in [0.5, 0.6) is 5.75 Å². The molecule has 0 amide bonds. The summed E-state index contributed by atoms with van der Waals surface area (Å²) in [5, 5.41) is 14.3. The second kappa shape index (κ2) is 11.0. The van der Waals surface area contributed by atoms with Crippen molar-refractivity contribution in [3.8, 4) is 5.75 Å². The molecule has 10 heteroatoms. The Bertz CT molecular complexity index is 1270. The highest BCUT2D eigenvalue weighted by atomic mass is 19.1. The monoisotopic (exact) mass is 478 g/mol. The fourth-order valence-electron chi connectivity index (χ4n) is 3.99. The van der Waals surface area contributed by atoms with Crippen molar-refractivity contribution < 1.29 is 9.13 Å². The number of benzene rings is 1. The first kappa shape index (κ1) is 24.2. The van der Waals surface area contributed by atoms with Crippen LogP contribution in [-0.4, -0.2) is 65.0 Å². The topological polar surface area (TPSA) is 106 Å². The van der Waals surface area contributed by atoms with Crippen LogP contribution in [0.25, 0.3) is 17.0 Å². The predicted molar refractivity (Wildman–Crippen MR) is 140 cm³/mol. The van der Waals surface area contributed by atoms with Gasteiger partial charge < -0.3 is 25.3 Å². The number of piperazine rings is 1. The standard InChI is InChI=1S/C25H31FN8O/c1-5-6-18-12-23(33-32-18)31-22(27-4)13-24(34-10-9-28-17(3)14-34)29-15-35-21-8-7-20-19(25(21)26)11-16(2)30-20/h5-8,11-13,17,28,30H,4,9-10,14-15H2,1-3H3,(H2,31,32,33)/b6-5+,22-13+,29-24+. The molecule has 35 heavy (non-hydrogen) atoms. The maximum atomic E-state index is 14.9. The van der Waals surface area contributed by atoms with Gasteiger partial charge in [0.1, 0.15) is 11.7 Å². The first-order valence-corrected chi connectivity index (χ1v) is 11.5. The van der Waals surface area contributed by atoms with E-state index < -0.39 is 5.82 Å². The number of nitrogens with one attached hydrogen (secondary N) is 4. The summed E-state index contributed by atoms with van der Waals surface area (Å²) >= 11 is 0. The van der Waals surface area contributed by atoms with Gasteiger partial charge in [-0.05, 0) is 51.8 Å². The molecule has 1 atom stereocenters. The van der Waals surface area contributed by atoms with Crippen LogP contribution in [-0.2, 0) is 0 Å². The van der Waals surface area contributed by atoms with Gasteiger partial charge in [-0.3, -0.25) is 5.10 Å². The van der Waals surface area contributed by atoms with Gasteiger partial charge in [-0.15, -0.1) is 0 Å². The number of halogens is 1. The number of allylic oxidation sites excluding steroid dienone is 1. The first-order valence-electron chi connectivity index (χ1n) is 11.5. The molecule has 1 aliphatic rings. The Labute approximate surface area is 203 Å². The molecule has 3 aromatic rings. The van der Waals surface area contributed by atoms with Crippen LogP contribution in [0.2, 0.25) is 0 Å². The molecule has 0 spiro atoms. The van der Waals surface area contributed by atoms with Gasteiger partial charge in [0.2, 0.25) is 0 Å². The molecule has 2 aromatic heterocycles. The third kappa shape index (κ3) is 5.96. The number of aliphatic imine (C=N–C) groups is 2. The van der Waals surface area contributed by atoms with Gasteiger partial charge in [0.05, 0.1) is 5.69 Å². The zero-order chi connectivity index (χ0) is 24.8. The van der Waals surface area contributed by atoms with Gasteiger partial charge in [0.25, 0.3) is 0 Å². The molecule has 1 unspecified atom stereocenters. The maximum absolute atomic E-state index is 14.9. The van der Waals surface area contributed by atoms with Gasteiger partial charge >= 0.3 is 0 Å². The lowest BCUT2D eigenvalue weighted by atomic mass is 10.2. The van der Waals surface area contributed by atoms with Crippen molar-refractivity contribution >= 4 is 35.3 Å². The average molecular weight is 479 g/mol. The Morgan fingerprint density at radius 2 is 2.26 bits per heavy atom. The second-order valence-corrected chi connectivity index (χ2v) is 8.40. The molecule has 1 saturated heterocycles. The smallest absolute Gasteiger partial charge is 0.181 e. The highest BCUT2D eigenvalue weighted by Gasteiger charge is 2.19. The number of hydrogen-bond acceptors (Lipinski definition) is 6. The van der Waals surface area contributed by atoms with E-state index in [1.807, 2.05) is 32.1 Å². The minimum atomic E-state index is -0.402. The summed E-state index contributed by atoms with van der Waals surface area (Å²) in [7, 11) is 0. The second-order valence-electron chi connectivity index (χ2n) is 8.40. The minimum Gasteiger partial charge on any atom is -0.468 e.